The number of nitrogens with zero attached hydrogens (tertiary/aromatic N) is 1. The van der Waals surface area contributed by atoms with Crippen LogP contribution < -0.4 is 0 Å². The Kier molecular flexibility index (Phi) is 8.70. The minimum atomic E-state index is -1.24. The van der Waals surface area contributed by atoms with Crippen LogP contribution in [-0.4, -0.2) is 71.3 Å². The summed E-state index contributed by atoms with van der Waals surface area (Å²) in [5.41, 5.74) is 0.819. The Balaban J connectivity index is 1.68. The van der Waals surface area contributed by atoms with Crippen molar-refractivity contribution in [2.24, 2.45) is 22.7 Å². The van der Waals surface area contributed by atoms with E-state index in [4.69, 9.17) is 9.47 Å². The number of carbonyl (C=O) groups is 3. The maximum atomic E-state index is 13.3. The van der Waals surface area contributed by atoms with Gasteiger partial charge in [0, 0.05) is 36.6 Å². The molecular weight excluding hydrogens is 522 g/mol. The van der Waals surface area contributed by atoms with Gasteiger partial charge in [0.2, 0.25) is 0 Å². The highest BCUT2D eigenvalue weighted by atomic mass is 16.6. The van der Waals surface area contributed by atoms with Crippen molar-refractivity contribution >= 4 is 17.7 Å². The molecule has 0 spiro atoms. The fourth-order valence-corrected chi connectivity index (χ4v) is 7.82. The van der Waals surface area contributed by atoms with Crippen LogP contribution in [0.15, 0.2) is 53.6 Å². The Bertz CT molecular complexity index is 1240. The molecule has 0 aliphatic heterocycles. The number of aliphatic hydroxyl groups excluding tert-OH is 2. The molecule has 0 aromatic heterocycles. The lowest BCUT2D eigenvalue weighted by Gasteiger charge is -2.58. The third-order valence-electron chi connectivity index (χ3n) is 10.0. The van der Waals surface area contributed by atoms with Gasteiger partial charge < -0.3 is 24.6 Å². The van der Waals surface area contributed by atoms with Crippen molar-refractivity contribution in [3.63, 3.8) is 0 Å². The van der Waals surface area contributed by atoms with Crippen molar-refractivity contribution in [1.82, 2.24) is 4.90 Å². The van der Waals surface area contributed by atoms with Crippen LogP contribution in [0, 0.1) is 22.7 Å². The summed E-state index contributed by atoms with van der Waals surface area (Å²) < 4.78 is 11.9. The average molecular weight is 568 g/mol. The van der Waals surface area contributed by atoms with Gasteiger partial charge in [-0.2, -0.15) is 0 Å². The maximum Gasteiger partial charge on any atom is 0.308 e. The Morgan fingerprint density at radius 3 is 2.34 bits per heavy atom. The summed E-state index contributed by atoms with van der Waals surface area (Å²) in [4.78, 5) is 40.7. The first-order valence-electron chi connectivity index (χ1n) is 14.5. The second-order valence-corrected chi connectivity index (χ2v) is 13.1. The fourth-order valence-electron chi connectivity index (χ4n) is 7.82. The largest absolute Gasteiger partial charge is 0.459 e. The summed E-state index contributed by atoms with van der Waals surface area (Å²) in [5, 5.41) is 23.9. The first kappa shape index (κ1) is 31.1. The Hall–Kier alpha value is -2.81. The predicted octanol–water partition coefficient (Wildman–Crippen LogP) is 4.16. The van der Waals surface area contributed by atoms with E-state index in [0.717, 1.165) is 5.56 Å². The van der Waals surface area contributed by atoms with Crippen molar-refractivity contribution in [2.45, 2.75) is 90.8 Å². The molecule has 41 heavy (non-hydrogen) atoms. The summed E-state index contributed by atoms with van der Waals surface area (Å²) >= 11 is 0. The fraction of sp³-hybridized carbons (Fsp3) is 0.606. The number of rotatable bonds is 6. The molecule has 0 amide bonds. The molecule has 1 aromatic rings. The normalized spacial score (nSPS) is 33.9. The van der Waals surface area contributed by atoms with Crippen LogP contribution in [0.5, 0.6) is 0 Å². The maximum absolute atomic E-state index is 13.3. The molecule has 224 valence electrons. The predicted molar refractivity (Wildman–Crippen MR) is 155 cm³/mol. The SMILES string of the molecule is C=C1[C@@H](OC(=O)C[C@H](c2ccccc2)N(C)C)CC[C@]2(C)[C@@H](OC(C)=O)[C@H](O)C3=C(C)C(=O)C[C@H]([C@@H](O)[C@H]12)C3(C)C. The molecule has 8 heteroatoms. The number of allylic oxidation sites excluding steroid dienone is 1. The molecule has 8 atom stereocenters. The summed E-state index contributed by atoms with van der Waals surface area (Å²) in [5.74, 6) is -2.29. The number of aliphatic hydroxyl groups is 2. The number of hydrogen-bond donors (Lipinski definition) is 2. The number of Topliss-reactive ketones (excluding diaryl/α,β-unsaturated/α-hetero) is 1. The number of benzene rings is 1. The third kappa shape index (κ3) is 5.54. The van der Waals surface area contributed by atoms with E-state index < -0.39 is 53.1 Å². The molecule has 3 aliphatic carbocycles. The van der Waals surface area contributed by atoms with Crippen LogP contribution in [0.25, 0.3) is 0 Å². The summed E-state index contributed by atoms with van der Waals surface area (Å²) in [6.07, 6.45) is -2.90. The van der Waals surface area contributed by atoms with Crippen molar-refractivity contribution in [1.29, 1.82) is 0 Å². The lowest BCUT2D eigenvalue weighted by Crippen LogP contribution is -2.62. The quantitative estimate of drug-likeness (QED) is 0.389. The van der Waals surface area contributed by atoms with E-state index in [-0.39, 0.29) is 30.6 Å². The zero-order valence-electron chi connectivity index (χ0n) is 25.3. The van der Waals surface area contributed by atoms with Gasteiger partial charge in [-0.1, -0.05) is 57.7 Å². The summed E-state index contributed by atoms with van der Waals surface area (Å²) in [6, 6.07) is 9.58. The highest BCUT2D eigenvalue weighted by Crippen LogP contribution is 2.59. The third-order valence-corrected chi connectivity index (χ3v) is 10.0. The van der Waals surface area contributed by atoms with E-state index in [0.29, 0.717) is 29.6 Å². The van der Waals surface area contributed by atoms with E-state index in [1.807, 2.05) is 70.1 Å². The van der Waals surface area contributed by atoms with E-state index in [1.165, 1.54) is 6.92 Å². The smallest absolute Gasteiger partial charge is 0.308 e. The van der Waals surface area contributed by atoms with Crippen molar-refractivity contribution in [3.8, 4) is 0 Å². The van der Waals surface area contributed by atoms with Crippen LogP contribution in [-0.2, 0) is 23.9 Å². The molecular formula is C33H45NO7. The number of ether oxygens (including phenoxy) is 2. The van der Waals surface area contributed by atoms with E-state index in [9.17, 15) is 24.6 Å². The summed E-state index contributed by atoms with van der Waals surface area (Å²) in [7, 11) is 3.83. The first-order valence-corrected chi connectivity index (χ1v) is 14.5. The highest BCUT2D eigenvalue weighted by Gasteiger charge is 2.62. The molecule has 0 heterocycles. The molecule has 2 fully saturated rings. The monoisotopic (exact) mass is 567 g/mol. The van der Waals surface area contributed by atoms with Gasteiger partial charge in [0.1, 0.15) is 18.3 Å². The average Bonchev–Trinajstić information content (AvgIpc) is 2.89. The topological polar surface area (TPSA) is 113 Å². The molecule has 3 aliphatic rings. The minimum Gasteiger partial charge on any atom is -0.459 e. The van der Waals surface area contributed by atoms with Crippen LogP contribution in [0.2, 0.25) is 0 Å². The molecule has 0 radical (unpaired) electrons. The van der Waals surface area contributed by atoms with Crippen molar-refractivity contribution < 1.29 is 34.1 Å². The molecule has 4 rings (SSSR count). The van der Waals surface area contributed by atoms with Gasteiger partial charge in [0.25, 0.3) is 0 Å². The van der Waals surface area contributed by atoms with E-state index >= 15 is 0 Å². The Morgan fingerprint density at radius 1 is 1.12 bits per heavy atom. The standard InChI is InChI=1S/C33H45NO7/c1-18-24(36)16-22-29(38)28-19(2)25(41-26(37)17-23(34(7)8)21-12-10-9-11-13-21)14-15-33(28,6)31(40-20(3)35)30(39)27(18)32(22,4)5/h9-13,22-23,25,28-31,38-39H,2,14-17H2,1,3-8H3/t22-,23-,25+,28+,29-,30-,31+,33+/m1/s1. The summed E-state index contributed by atoms with van der Waals surface area (Å²) in [6.45, 7) is 13.0. The van der Waals surface area contributed by atoms with Crippen LogP contribution >= 0.6 is 0 Å². The molecule has 0 saturated heterocycles. The molecule has 2 bridgehead atoms. The number of fused-ring (bicyclic) bond motifs is 3. The van der Waals surface area contributed by atoms with E-state index in [2.05, 4.69) is 6.58 Å². The van der Waals surface area contributed by atoms with Gasteiger partial charge in [-0.25, -0.2) is 0 Å². The van der Waals surface area contributed by atoms with Gasteiger partial charge in [0.15, 0.2) is 5.78 Å². The van der Waals surface area contributed by atoms with Crippen LogP contribution in [0.3, 0.4) is 0 Å². The molecule has 2 saturated carbocycles. The van der Waals surface area contributed by atoms with Crippen LogP contribution in [0.4, 0.5) is 0 Å². The highest BCUT2D eigenvalue weighted by molar-refractivity contribution is 5.97. The van der Waals surface area contributed by atoms with Gasteiger partial charge in [-0.05, 0) is 61.6 Å². The lowest BCUT2D eigenvalue weighted by molar-refractivity contribution is -0.187. The molecule has 2 N–H and O–H groups in total. The van der Waals surface area contributed by atoms with Crippen molar-refractivity contribution in [3.05, 3.63) is 59.2 Å². The Labute approximate surface area is 243 Å². The van der Waals surface area contributed by atoms with Gasteiger partial charge in [0.05, 0.1) is 12.5 Å². The zero-order valence-corrected chi connectivity index (χ0v) is 25.3. The van der Waals surface area contributed by atoms with E-state index in [1.54, 1.807) is 6.92 Å². The number of esters is 2. The van der Waals surface area contributed by atoms with Gasteiger partial charge in [-0.15, -0.1) is 0 Å². The van der Waals surface area contributed by atoms with Crippen LogP contribution in [0.1, 0.15) is 71.9 Å². The minimum absolute atomic E-state index is 0.125. The second kappa shape index (κ2) is 11.5. The Morgan fingerprint density at radius 2 is 1.76 bits per heavy atom. The molecule has 1 aromatic carbocycles. The van der Waals surface area contributed by atoms with Gasteiger partial charge >= 0.3 is 11.9 Å². The molecule has 0 unspecified atom stereocenters. The molecule has 8 nitrogen and oxygen atoms in total. The van der Waals surface area contributed by atoms with Crippen molar-refractivity contribution in [2.75, 3.05) is 14.1 Å². The van der Waals surface area contributed by atoms with Gasteiger partial charge in [-0.3, -0.25) is 14.4 Å². The lowest BCUT2D eigenvalue weighted by atomic mass is 9.49. The first-order chi connectivity index (χ1) is 19.1. The second-order valence-electron chi connectivity index (χ2n) is 13.1. The number of carbonyl (C=O) groups excluding carboxylic acids is 3. The zero-order chi connectivity index (χ0) is 30.4. The number of ketones is 1. The number of hydrogen-bond acceptors (Lipinski definition) is 8.